The molecule has 0 bridgehead atoms. The number of likely N-dealkylation sites (tertiary alicyclic amines) is 1. The third kappa shape index (κ3) is 3.54. The Morgan fingerprint density at radius 2 is 2.32 bits per heavy atom. The van der Waals surface area contributed by atoms with Gasteiger partial charge in [0, 0.05) is 17.8 Å². The Hall–Kier alpha value is -0.940. The number of carboxylic acid groups (broad SMARTS) is 1. The van der Waals surface area contributed by atoms with Gasteiger partial charge in [0.15, 0.2) is 0 Å². The summed E-state index contributed by atoms with van der Waals surface area (Å²) in [5, 5.41) is 10.0. The van der Waals surface area contributed by atoms with Crippen LogP contribution in [-0.2, 0) is 4.79 Å². The Labute approximate surface area is 118 Å². The van der Waals surface area contributed by atoms with Crippen molar-refractivity contribution in [3.8, 4) is 0 Å². The van der Waals surface area contributed by atoms with Crippen LogP contribution in [0.15, 0.2) is 0 Å². The monoisotopic (exact) mass is 282 g/mol. The highest BCUT2D eigenvalue weighted by molar-refractivity contribution is 7.11. The van der Waals surface area contributed by atoms with Crippen LogP contribution >= 0.6 is 11.3 Å². The molecule has 2 heterocycles. The van der Waals surface area contributed by atoms with Crippen molar-refractivity contribution in [1.82, 2.24) is 9.88 Å². The van der Waals surface area contributed by atoms with E-state index >= 15 is 0 Å². The summed E-state index contributed by atoms with van der Waals surface area (Å²) < 4.78 is 0. The fraction of sp³-hybridized carbons (Fsp3) is 0.714. The first kappa shape index (κ1) is 14.5. The second kappa shape index (κ2) is 6.01. The molecule has 1 aliphatic rings. The molecule has 2 rings (SSSR count). The van der Waals surface area contributed by atoms with Crippen molar-refractivity contribution in [2.24, 2.45) is 5.92 Å². The van der Waals surface area contributed by atoms with Crippen molar-refractivity contribution in [2.45, 2.75) is 46.1 Å². The molecule has 0 aromatic carbocycles. The van der Waals surface area contributed by atoms with Gasteiger partial charge in [0.05, 0.1) is 16.7 Å². The van der Waals surface area contributed by atoms with E-state index in [1.807, 2.05) is 6.92 Å². The molecule has 106 valence electrons. The van der Waals surface area contributed by atoms with Crippen molar-refractivity contribution in [3.05, 3.63) is 15.6 Å². The van der Waals surface area contributed by atoms with Gasteiger partial charge in [0.25, 0.3) is 0 Å². The first-order chi connectivity index (χ1) is 8.97. The van der Waals surface area contributed by atoms with Gasteiger partial charge in [0.2, 0.25) is 0 Å². The zero-order valence-corrected chi connectivity index (χ0v) is 12.7. The van der Waals surface area contributed by atoms with E-state index in [0.29, 0.717) is 6.04 Å². The van der Waals surface area contributed by atoms with Crippen LogP contribution in [0.1, 0.15) is 47.8 Å². The van der Waals surface area contributed by atoms with Gasteiger partial charge in [-0.05, 0) is 46.1 Å². The maximum Gasteiger partial charge on any atom is 0.303 e. The first-order valence-corrected chi connectivity index (χ1v) is 7.68. The van der Waals surface area contributed by atoms with Crippen LogP contribution in [0, 0.1) is 19.8 Å². The number of aromatic nitrogens is 1. The van der Waals surface area contributed by atoms with Gasteiger partial charge in [-0.2, -0.15) is 0 Å². The molecular weight excluding hydrogens is 260 g/mol. The Morgan fingerprint density at radius 1 is 1.58 bits per heavy atom. The molecule has 0 spiro atoms. The molecule has 1 N–H and O–H groups in total. The van der Waals surface area contributed by atoms with Gasteiger partial charge in [-0.3, -0.25) is 9.69 Å². The van der Waals surface area contributed by atoms with Gasteiger partial charge in [0.1, 0.15) is 0 Å². The summed E-state index contributed by atoms with van der Waals surface area (Å²) in [5.74, 6) is -0.395. The van der Waals surface area contributed by atoms with Crippen LogP contribution in [0.5, 0.6) is 0 Å². The van der Waals surface area contributed by atoms with E-state index in [4.69, 9.17) is 5.11 Å². The summed E-state index contributed by atoms with van der Waals surface area (Å²) in [6.45, 7) is 8.27. The molecule has 2 unspecified atom stereocenters. The quantitative estimate of drug-likeness (QED) is 0.922. The third-order valence-electron chi connectivity index (χ3n) is 3.90. The molecule has 2 atom stereocenters. The summed E-state index contributed by atoms with van der Waals surface area (Å²) in [6.07, 6.45) is 2.41. The molecule has 4 nitrogen and oxygen atoms in total. The largest absolute Gasteiger partial charge is 0.481 e. The molecule has 0 aliphatic carbocycles. The Kier molecular flexibility index (Phi) is 4.58. The van der Waals surface area contributed by atoms with Gasteiger partial charge in [-0.25, -0.2) is 4.98 Å². The summed E-state index contributed by atoms with van der Waals surface area (Å²) in [4.78, 5) is 19.1. The third-order valence-corrected chi connectivity index (χ3v) is 4.80. The van der Waals surface area contributed by atoms with Crippen LogP contribution < -0.4 is 0 Å². The number of rotatable bonds is 4. The molecule has 1 aromatic heterocycles. The lowest BCUT2D eigenvalue weighted by Gasteiger charge is -2.36. The summed E-state index contributed by atoms with van der Waals surface area (Å²) in [7, 11) is 0. The number of carbonyl (C=O) groups is 1. The van der Waals surface area contributed by atoms with E-state index in [0.717, 1.165) is 30.9 Å². The van der Waals surface area contributed by atoms with Gasteiger partial charge in [-0.15, -0.1) is 11.3 Å². The molecule has 0 amide bonds. The minimum Gasteiger partial charge on any atom is -0.481 e. The average molecular weight is 282 g/mol. The highest BCUT2D eigenvalue weighted by Crippen LogP contribution is 2.31. The minimum atomic E-state index is -0.680. The van der Waals surface area contributed by atoms with E-state index in [9.17, 15) is 4.79 Å². The topological polar surface area (TPSA) is 53.4 Å². The predicted molar refractivity (Wildman–Crippen MR) is 76.6 cm³/mol. The van der Waals surface area contributed by atoms with E-state index in [1.54, 1.807) is 11.3 Å². The van der Waals surface area contributed by atoms with E-state index < -0.39 is 5.97 Å². The Bertz CT molecular complexity index is 458. The van der Waals surface area contributed by atoms with Crippen molar-refractivity contribution in [3.63, 3.8) is 0 Å². The number of aryl methyl sites for hydroxylation is 2. The zero-order chi connectivity index (χ0) is 14.0. The number of hydrogen-bond acceptors (Lipinski definition) is 4. The highest BCUT2D eigenvalue weighted by Gasteiger charge is 2.27. The number of aliphatic carboxylic acids is 1. The van der Waals surface area contributed by atoms with Crippen LogP contribution in [-0.4, -0.2) is 34.0 Å². The van der Waals surface area contributed by atoms with Crippen molar-refractivity contribution >= 4 is 17.3 Å². The molecule has 0 saturated carbocycles. The van der Waals surface area contributed by atoms with Crippen LogP contribution in [0.2, 0.25) is 0 Å². The van der Waals surface area contributed by atoms with Gasteiger partial charge >= 0.3 is 5.97 Å². The second-order valence-corrected chi connectivity index (χ2v) is 6.86. The molecule has 1 aliphatic heterocycles. The number of piperidine rings is 1. The van der Waals surface area contributed by atoms with Crippen LogP contribution in [0.3, 0.4) is 0 Å². The average Bonchev–Trinajstić information content (AvgIpc) is 2.67. The second-order valence-electron chi connectivity index (χ2n) is 5.45. The molecule has 0 radical (unpaired) electrons. The predicted octanol–water partition coefficient (Wildman–Crippen LogP) is 3.01. The molecule has 5 heteroatoms. The fourth-order valence-electron chi connectivity index (χ4n) is 2.97. The van der Waals surface area contributed by atoms with Gasteiger partial charge in [-0.1, -0.05) is 0 Å². The Morgan fingerprint density at radius 3 is 2.89 bits per heavy atom. The lowest BCUT2D eigenvalue weighted by molar-refractivity contribution is -0.138. The molecule has 1 aromatic rings. The normalized spacial score (nSPS) is 22.4. The zero-order valence-electron chi connectivity index (χ0n) is 11.8. The smallest absolute Gasteiger partial charge is 0.303 e. The first-order valence-electron chi connectivity index (χ1n) is 6.87. The minimum absolute atomic E-state index is 0.286. The molecule has 1 fully saturated rings. The SMILES string of the molecule is Cc1nc(C(C)N2CCCC(CC(=O)O)C2)c(C)s1. The maximum atomic E-state index is 10.8. The van der Waals surface area contributed by atoms with Crippen molar-refractivity contribution in [2.75, 3.05) is 13.1 Å². The highest BCUT2D eigenvalue weighted by atomic mass is 32.1. The number of nitrogens with zero attached hydrogens (tertiary/aromatic N) is 2. The van der Waals surface area contributed by atoms with E-state index in [2.05, 4.69) is 23.7 Å². The van der Waals surface area contributed by atoms with Crippen molar-refractivity contribution < 1.29 is 9.90 Å². The lowest BCUT2D eigenvalue weighted by atomic mass is 9.93. The van der Waals surface area contributed by atoms with E-state index in [1.165, 1.54) is 10.6 Å². The number of thiazole rings is 1. The van der Waals surface area contributed by atoms with Crippen LogP contribution in [0.25, 0.3) is 0 Å². The van der Waals surface area contributed by atoms with Gasteiger partial charge < -0.3 is 5.11 Å². The lowest BCUT2D eigenvalue weighted by Crippen LogP contribution is -2.38. The molecular formula is C14H22N2O2S. The maximum absolute atomic E-state index is 10.8. The van der Waals surface area contributed by atoms with E-state index in [-0.39, 0.29) is 12.3 Å². The molecule has 1 saturated heterocycles. The van der Waals surface area contributed by atoms with Crippen molar-refractivity contribution in [1.29, 1.82) is 0 Å². The standard InChI is InChI=1S/C14H22N2O2S/c1-9(14-10(2)19-11(3)15-14)16-6-4-5-12(8-16)7-13(17)18/h9,12H,4-8H2,1-3H3,(H,17,18). The summed E-state index contributed by atoms with van der Waals surface area (Å²) in [5.41, 5.74) is 1.17. The number of carboxylic acids is 1. The Balaban J connectivity index is 2.04. The summed E-state index contributed by atoms with van der Waals surface area (Å²) >= 11 is 1.74. The molecule has 19 heavy (non-hydrogen) atoms. The summed E-state index contributed by atoms with van der Waals surface area (Å²) in [6, 6.07) is 0.293. The number of hydrogen-bond donors (Lipinski definition) is 1. The fourth-order valence-corrected chi connectivity index (χ4v) is 3.88. The van der Waals surface area contributed by atoms with Crippen LogP contribution in [0.4, 0.5) is 0 Å².